The molecule has 0 saturated heterocycles. The van der Waals surface area contributed by atoms with Gasteiger partial charge in [-0.05, 0) is 25.7 Å². The lowest BCUT2D eigenvalue weighted by molar-refractivity contribution is -0.165. The highest BCUT2D eigenvalue weighted by molar-refractivity contribution is 5.65. The van der Waals surface area contributed by atoms with E-state index in [0.717, 1.165) is 19.8 Å². The second-order valence-electron chi connectivity index (χ2n) is 5.72. The Morgan fingerprint density at radius 2 is 1.48 bits per heavy atom. The Balaban J connectivity index is 0.000000219. The molecule has 2 fully saturated rings. The van der Waals surface area contributed by atoms with Crippen molar-refractivity contribution >= 4 is 5.97 Å². The third-order valence-corrected chi connectivity index (χ3v) is 4.08. The van der Waals surface area contributed by atoms with Gasteiger partial charge in [-0.3, -0.25) is 4.79 Å². The summed E-state index contributed by atoms with van der Waals surface area (Å²) < 4.78 is 54.9. The van der Waals surface area contributed by atoms with Gasteiger partial charge in [-0.15, -0.1) is 0 Å². The molecule has 124 valence electrons. The molecule has 0 aromatic heterocycles. The standard InChI is InChI=1S/C8H12F2O2.C6H10F2O/c1-6(11)12-5-8(9,10)7-3-2-4-7;7-6(8,4-9)5-2-1-3-5/h7H,2-5H2,1H3;5,9H,1-4H2. The Hall–Kier alpha value is -0.850. The lowest BCUT2D eigenvalue weighted by Crippen LogP contribution is -2.38. The van der Waals surface area contributed by atoms with Crippen LogP contribution >= 0.6 is 0 Å². The summed E-state index contributed by atoms with van der Waals surface area (Å²) in [6.07, 6.45) is 4.00. The van der Waals surface area contributed by atoms with E-state index in [9.17, 15) is 22.4 Å². The minimum atomic E-state index is -2.82. The van der Waals surface area contributed by atoms with Crippen LogP contribution in [0.3, 0.4) is 0 Å². The van der Waals surface area contributed by atoms with Gasteiger partial charge in [-0.25, -0.2) is 17.6 Å². The van der Waals surface area contributed by atoms with Crippen LogP contribution in [0.15, 0.2) is 0 Å². The Labute approximate surface area is 121 Å². The molecule has 7 heteroatoms. The van der Waals surface area contributed by atoms with Crippen molar-refractivity contribution in [3.8, 4) is 0 Å². The van der Waals surface area contributed by atoms with Crippen molar-refractivity contribution in [3.05, 3.63) is 0 Å². The molecule has 2 rings (SSSR count). The number of aliphatic hydroxyl groups is 1. The van der Waals surface area contributed by atoms with E-state index in [1.54, 1.807) is 0 Å². The van der Waals surface area contributed by atoms with E-state index in [0.29, 0.717) is 25.7 Å². The molecule has 0 atom stereocenters. The van der Waals surface area contributed by atoms with E-state index >= 15 is 0 Å². The van der Waals surface area contributed by atoms with E-state index in [4.69, 9.17) is 5.11 Å². The highest BCUT2D eigenvalue weighted by Crippen LogP contribution is 2.40. The zero-order chi connectivity index (χ0) is 16.1. The van der Waals surface area contributed by atoms with Crippen LogP contribution in [0.25, 0.3) is 0 Å². The van der Waals surface area contributed by atoms with Gasteiger partial charge in [0, 0.05) is 18.8 Å². The Morgan fingerprint density at radius 3 is 1.71 bits per heavy atom. The molecule has 2 saturated carbocycles. The van der Waals surface area contributed by atoms with Gasteiger partial charge in [0.05, 0.1) is 0 Å². The Morgan fingerprint density at radius 1 is 1.05 bits per heavy atom. The van der Waals surface area contributed by atoms with Crippen molar-refractivity contribution < 1.29 is 32.2 Å². The maximum Gasteiger partial charge on any atom is 0.302 e. The molecule has 0 aromatic carbocycles. The van der Waals surface area contributed by atoms with E-state index in [1.807, 2.05) is 0 Å². The summed E-state index contributed by atoms with van der Waals surface area (Å²) in [7, 11) is 0. The SMILES string of the molecule is CC(=O)OCC(F)(F)C1CCC1.OCC(F)(F)C1CCC1. The molecule has 2 aliphatic rings. The van der Waals surface area contributed by atoms with Crippen LogP contribution in [0.1, 0.15) is 45.4 Å². The largest absolute Gasteiger partial charge is 0.459 e. The van der Waals surface area contributed by atoms with Crippen molar-refractivity contribution in [3.63, 3.8) is 0 Å². The van der Waals surface area contributed by atoms with Gasteiger partial charge in [0.25, 0.3) is 11.8 Å². The lowest BCUT2D eigenvalue weighted by atomic mass is 9.81. The minimum absolute atomic E-state index is 0.539. The van der Waals surface area contributed by atoms with Crippen LogP contribution in [0.5, 0.6) is 0 Å². The third-order valence-electron chi connectivity index (χ3n) is 4.08. The fraction of sp³-hybridized carbons (Fsp3) is 0.929. The lowest BCUT2D eigenvalue weighted by Gasteiger charge is -2.32. The average molecular weight is 314 g/mol. The molecule has 3 nitrogen and oxygen atoms in total. The van der Waals surface area contributed by atoms with Gasteiger partial charge in [0.1, 0.15) is 6.61 Å². The normalized spacial score (nSPS) is 19.9. The predicted molar refractivity (Wildman–Crippen MR) is 68.3 cm³/mol. The molecule has 0 amide bonds. The third kappa shape index (κ3) is 5.45. The number of carbonyl (C=O) groups is 1. The van der Waals surface area contributed by atoms with Crippen LogP contribution in [-0.4, -0.2) is 36.1 Å². The molecule has 2 aliphatic carbocycles. The second kappa shape index (κ2) is 7.42. The first-order valence-corrected chi connectivity index (χ1v) is 7.19. The highest BCUT2D eigenvalue weighted by Gasteiger charge is 2.43. The van der Waals surface area contributed by atoms with Gasteiger partial charge in [0.15, 0.2) is 6.61 Å². The summed E-state index contributed by atoms with van der Waals surface area (Å²) in [4.78, 5) is 10.3. The monoisotopic (exact) mass is 314 g/mol. The second-order valence-corrected chi connectivity index (χ2v) is 5.72. The molecular formula is C14H22F4O3. The Bertz CT molecular complexity index is 339. The van der Waals surface area contributed by atoms with Crippen molar-refractivity contribution in [2.75, 3.05) is 13.2 Å². The van der Waals surface area contributed by atoms with Crippen LogP contribution in [0.2, 0.25) is 0 Å². The number of rotatable bonds is 5. The zero-order valence-electron chi connectivity index (χ0n) is 12.1. The van der Waals surface area contributed by atoms with E-state index in [1.165, 1.54) is 0 Å². The molecule has 0 heterocycles. The number of ether oxygens (including phenoxy) is 1. The summed E-state index contributed by atoms with van der Waals surface area (Å²) in [5.74, 6) is -7.38. The Kier molecular flexibility index (Phi) is 6.43. The zero-order valence-corrected chi connectivity index (χ0v) is 12.1. The molecule has 0 aromatic rings. The number of alkyl halides is 4. The van der Waals surface area contributed by atoms with Gasteiger partial charge in [-0.1, -0.05) is 12.8 Å². The van der Waals surface area contributed by atoms with E-state index in [-0.39, 0.29) is 0 Å². The first kappa shape index (κ1) is 18.2. The molecule has 21 heavy (non-hydrogen) atoms. The van der Waals surface area contributed by atoms with Gasteiger partial charge < -0.3 is 9.84 Å². The summed E-state index contributed by atoms with van der Waals surface area (Å²) in [5.41, 5.74) is 0. The van der Waals surface area contributed by atoms with Gasteiger partial charge in [0.2, 0.25) is 0 Å². The van der Waals surface area contributed by atoms with Crippen molar-refractivity contribution in [1.82, 2.24) is 0 Å². The van der Waals surface area contributed by atoms with Crippen molar-refractivity contribution in [2.24, 2.45) is 11.8 Å². The summed E-state index contributed by atoms with van der Waals surface area (Å²) in [5, 5.41) is 8.18. The molecule has 0 unspecified atom stereocenters. The number of carbonyl (C=O) groups excluding carboxylic acids is 1. The smallest absolute Gasteiger partial charge is 0.302 e. The summed E-state index contributed by atoms with van der Waals surface area (Å²) in [6.45, 7) is -0.610. The van der Waals surface area contributed by atoms with Crippen LogP contribution in [-0.2, 0) is 9.53 Å². The number of esters is 1. The highest BCUT2D eigenvalue weighted by atomic mass is 19.3. The van der Waals surface area contributed by atoms with E-state index in [2.05, 4.69) is 4.74 Å². The number of halogens is 4. The van der Waals surface area contributed by atoms with Crippen molar-refractivity contribution in [1.29, 1.82) is 0 Å². The van der Waals surface area contributed by atoms with E-state index < -0.39 is 42.9 Å². The molecule has 0 aliphatic heterocycles. The number of aliphatic hydroxyl groups excluding tert-OH is 1. The average Bonchev–Trinajstić information content (AvgIpc) is 2.21. The maximum absolute atomic E-state index is 13.0. The van der Waals surface area contributed by atoms with Crippen molar-refractivity contribution in [2.45, 2.75) is 57.3 Å². The van der Waals surface area contributed by atoms with Crippen LogP contribution in [0.4, 0.5) is 17.6 Å². The van der Waals surface area contributed by atoms with Gasteiger partial charge in [-0.2, -0.15) is 0 Å². The van der Waals surface area contributed by atoms with Crippen LogP contribution < -0.4 is 0 Å². The fourth-order valence-electron chi connectivity index (χ4n) is 2.11. The van der Waals surface area contributed by atoms with Crippen LogP contribution in [0, 0.1) is 11.8 Å². The summed E-state index contributed by atoms with van der Waals surface area (Å²) in [6, 6.07) is 0. The number of hydrogen-bond donors (Lipinski definition) is 1. The summed E-state index contributed by atoms with van der Waals surface area (Å²) >= 11 is 0. The first-order chi connectivity index (χ1) is 9.69. The molecule has 0 radical (unpaired) electrons. The predicted octanol–water partition coefficient (Wildman–Crippen LogP) is 3.40. The first-order valence-electron chi connectivity index (χ1n) is 7.19. The molecule has 1 N–H and O–H groups in total. The minimum Gasteiger partial charge on any atom is -0.459 e. The maximum atomic E-state index is 13.0. The number of hydrogen-bond acceptors (Lipinski definition) is 3. The quantitative estimate of drug-likeness (QED) is 0.625. The fourth-order valence-corrected chi connectivity index (χ4v) is 2.11. The molecule has 0 bridgehead atoms. The molecule has 0 spiro atoms. The van der Waals surface area contributed by atoms with Gasteiger partial charge >= 0.3 is 5.97 Å². The topological polar surface area (TPSA) is 46.5 Å². The molecular weight excluding hydrogens is 292 g/mol.